The molecule has 0 amide bonds. The molecule has 2 fully saturated rings. The smallest absolute Gasteiger partial charge is 0.117 e. The zero-order valence-electron chi connectivity index (χ0n) is 10.6. The predicted molar refractivity (Wildman–Crippen MR) is 67.7 cm³/mol. The maximum Gasteiger partial charge on any atom is 0.117 e. The number of hydrogen-bond acceptors (Lipinski definition) is 4. The van der Waals surface area contributed by atoms with Crippen LogP contribution in [0.4, 0.5) is 0 Å². The van der Waals surface area contributed by atoms with Gasteiger partial charge in [-0.25, -0.2) is 0 Å². The van der Waals surface area contributed by atoms with Crippen LogP contribution in [0, 0.1) is 17.2 Å². The Kier molecular flexibility index (Phi) is 3.35. The lowest BCUT2D eigenvalue weighted by atomic mass is 10.1. The topological polar surface area (TPSA) is 43.4 Å². The lowest BCUT2D eigenvalue weighted by Crippen LogP contribution is -2.35. The summed E-state index contributed by atoms with van der Waals surface area (Å²) in [7, 11) is 0. The second-order valence-electron chi connectivity index (χ2n) is 5.37. The van der Waals surface area contributed by atoms with Gasteiger partial charge in [0.05, 0.1) is 24.8 Å². The molecule has 1 aromatic rings. The fourth-order valence-corrected chi connectivity index (χ4v) is 3.10. The van der Waals surface area contributed by atoms with Crippen molar-refractivity contribution in [1.82, 2.24) is 9.80 Å². The first kappa shape index (κ1) is 11.8. The number of furan rings is 1. The summed E-state index contributed by atoms with van der Waals surface area (Å²) in [5, 5.41) is 8.95. The van der Waals surface area contributed by atoms with E-state index in [1.807, 2.05) is 12.1 Å². The van der Waals surface area contributed by atoms with Crippen molar-refractivity contribution >= 4 is 0 Å². The first-order valence-corrected chi connectivity index (χ1v) is 6.73. The molecule has 0 radical (unpaired) electrons. The third kappa shape index (κ3) is 2.43. The molecule has 96 valence electrons. The van der Waals surface area contributed by atoms with Gasteiger partial charge in [0.25, 0.3) is 0 Å². The van der Waals surface area contributed by atoms with Gasteiger partial charge in [-0.15, -0.1) is 0 Å². The van der Waals surface area contributed by atoms with Gasteiger partial charge < -0.3 is 4.42 Å². The largest absolute Gasteiger partial charge is 0.468 e. The molecule has 4 heteroatoms. The number of nitrogens with zero attached hydrogens (tertiary/aromatic N) is 3. The van der Waals surface area contributed by atoms with Crippen molar-refractivity contribution in [3.05, 3.63) is 24.2 Å². The molecule has 2 unspecified atom stereocenters. The summed E-state index contributed by atoms with van der Waals surface area (Å²) in [4.78, 5) is 4.94. The molecule has 2 aliphatic heterocycles. The zero-order chi connectivity index (χ0) is 12.4. The van der Waals surface area contributed by atoms with E-state index in [0.29, 0.717) is 6.04 Å². The molecular formula is C14H19N3O. The van der Waals surface area contributed by atoms with Crippen molar-refractivity contribution in [1.29, 1.82) is 5.26 Å². The van der Waals surface area contributed by atoms with E-state index in [9.17, 15) is 0 Å². The second-order valence-corrected chi connectivity index (χ2v) is 5.37. The zero-order valence-corrected chi connectivity index (χ0v) is 10.6. The van der Waals surface area contributed by atoms with E-state index in [4.69, 9.17) is 9.68 Å². The van der Waals surface area contributed by atoms with Crippen molar-refractivity contribution in [2.45, 2.75) is 25.4 Å². The van der Waals surface area contributed by atoms with Crippen molar-refractivity contribution in [3.63, 3.8) is 0 Å². The Morgan fingerprint density at radius 3 is 3.00 bits per heavy atom. The van der Waals surface area contributed by atoms with Gasteiger partial charge in [-0.1, -0.05) is 0 Å². The van der Waals surface area contributed by atoms with Gasteiger partial charge in [0.15, 0.2) is 0 Å². The van der Waals surface area contributed by atoms with Gasteiger partial charge in [-0.3, -0.25) is 9.80 Å². The number of rotatable bonds is 3. The number of nitriles is 1. The quantitative estimate of drug-likeness (QED) is 0.813. The van der Waals surface area contributed by atoms with Crippen molar-refractivity contribution < 1.29 is 4.42 Å². The summed E-state index contributed by atoms with van der Waals surface area (Å²) in [6.07, 6.45) is 4.00. The van der Waals surface area contributed by atoms with E-state index >= 15 is 0 Å². The molecule has 2 saturated heterocycles. The molecule has 4 nitrogen and oxygen atoms in total. The molecule has 0 aliphatic carbocycles. The Morgan fingerprint density at radius 1 is 1.33 bits per heavy atom. The molecule has 0 spiro atoms. The maximum absolute atomic E-state index is 8.95. The molecule has 0 bridgehead atoms. The van der Waals surface area contributed by atoms with Crippen LogP contribution in [-0.4, -0.2) is 42.0 Å². The first-order chi connectivity index (χ1) is 8.85. The Morgan fingerprint density at radius 2 is 2.28 bits per heavy atom. The van der Waals surface area contributed by atoms with Crippen LogP contribution in [0.2, 0.25) is 0 Å². The van der Waals surface area contributed by atoms with Crippen LogP contribution in [0.5, 0.6) is 0 Å². The standard InChI is InChI=1S/C14H19N3O/c15-8-12-3-6-17(9-12)13-4-5-16(10-13)11-14-2-1-7-18-14/h1-2,7,12-13H,3-6,9-11H2. The van der Waals surface area contributed by atoms with Crippen LogP contribution in [0.1, 0.15) is 18.6 Å². The van der Waals surface area contributed by atoms with Gasteiger partial charge in [0, 0.05) is 25.7 Å². The monoisotopic (exact) mass is 245 g/mol. The fourth-order valence-electron chi connectivity index (χ4n) is 3.10. The van der Waals surface area contributed by atoms with Crippen molar-refractivity contribution in [2.75, 3.05) is 26.2 Å². The highest BCUT2D eigenvalue weighted by Gasteiger charge is 2.32. The highest BCUT2D eigenvalue weighted by atomic mass is 16.3. The first-order valence-electron chi connectivity index (χ1n) is 6.73. The summed E-state index contributed by atoms with van der Waals surface area (Å²) in [6.45, 7) is 5.23. The summed E-state index contributed by atoms with van der Waals surface area (Å²) < 4.78 is 5.39. The summed E-state index contributed by atoms with van der Waals surface area (Å²) in [5.74, 6) is 1.30. The Labute approximate surface area is 108 Å². The summed E-state index contributed by atoms with van der Waals surface area (Å²) >= 11 is 0. The average molecular weight is 245 g/mol. The minimum atomic E-state index is 0.254. The highest BCUT2D eigenvalue weighted by Crippen LogP contribution is 2.24. The van der Waals surface area contributed by atoms with E-state index in [1.54, 1.807) is 6.26 Å². The number of likely N-dealkylation sites (tertiary alicyclic amines) is 2. The third-order valence-electron chi connectivity index (χ3n) is 4.13. The average Bonchev–Trinajstić information content (AvgIpc) is 3.09. The predicted octanol–water partition coefficient (Wildman–Crippen LogP) is 1.70. The molecule has 3 heterocycles. The van der Waals surface area contributed by atoms with E-state index in [1.165, 1.54) is 6.42 Å². The molecular weight excluding hydrogens is 226 g/mol. The molecule has 0 aromatic carbocycles. The highest BCUT2D eigenvalue weighted by molar-refractivity contribution is 5.00. The van der Waals surface area contributed by atoms with Crippen LogP contribution < -0.4 is 0 Å². The Balaban J connectivity index is 1.51. The van der Waals surface area contributed by atoms with Gasteiger partial charge in [-0.2, -0.15) is 5.26 Å². The number of hydrogen-bond donors (Lipinski definition) is 0. The SMILES string of the molecule is N#CC1CCN(C2CCN(Cc3ccco3)C2)C1. The lowest BCUT2D eigenvalue weighted by Gasteiger charge is -2.23. The lowest BCUT2D eigenvalue weighted by molar-refractivity contribution is 0.220. The summed E-state index contributed by atoms with van der Waals surface area (Å²) in [5.41, 5.74) is 0. The molecule has 1 aromatic heterocycles. The van der Waals surface area contributed by atoms with Crippen LogP contribution in [0.25, 0.3) is 0 Å². The van der Waals surface area contributed by atoms with E-state index < -0.39 is 0 Å². The minimum Gasteiger partial charge on any atom is -0.468 e. The van der Waals surface area contributed by atoms with E-state index in [2.05, 4.69) is 15.9 Å². The van der Waals surface area contributed by atoms with Crippen LogP contribution in [0.3, 0.4) is 0 Å². The van der Waals surface area contributed by atoms with Gasteiger partial charge in [-0.05, 0) is 31.5 Å². The molecule has 3 rings (SSSR count). The molecule has 18 heavy (non-hydrogen) atoms. The van der Waals surface area contributed by atoms with E-state index in [-0.39, 0.29) is 5.92 Å². The fraction of sp³-hybridized carbons (Fsp3) is 0.643. The maximum atomic E-state index is 8.95. The molecule has 0 N–H and O–H groups in total. The van der Waals surface area contributed by atoms with Crippen LogP contribution in [-0.2, 0) is 6.54 Å². The molecule has 2 aliphatic rings. The van der Waals surface area contributed by atoms with Crippen LogP contribution in [0.15, 0.2) is 22.8 Å². The normalized spacial score (nSPS) is 29.7. The molecule has 2 atom stereocenters. The molecule has 0 saturated carbocycles. The van der Waals surface area contributed by atoms with Crippen molar-refractivity contribution in [3.8, 4) is 6.07 Å². The van der Waals surface area contributed by atoms with Gasteiger partial charge in [0.1, 0.15) is 5.76 Å². The van der Waals surface area contributed by atoms with E-state index in [0.717, 1.165) is 44.9 Å². The summed E-state index contributed by atoms with van der Waals surface area (Å²) in [6, 6.07) is 7.01. The van der Waals surface area contributed by atoms with Gasteiger partial charge in [0.2, 0.25) is 0 Å². The van der Waals surface area contributed by atoms with Crippen LogP contribution >= 0.6 is 0 Å². The Hall–Kier alpha value is -1.31. The Bertz CT molecular complexity index is 423. The second kappa shape index (κ2) is 5.13. The third-order valence-corrected chi connectivity index (χ3v) is 4.13. The van der Waals surface area contributed by atoms with Crippen molar-refractivity contribution in [2.24, 2.45) is 5.92 Å². The minimum absolute atomic E-state index is 0.254. The van der Waals surface area contributed by atoms with Gasteiger partial charge >= 0.3 is 0 Å².